The van der Waals surface area contributed by atoms with E-state index in [9.17, 15) is 17.3 Å². The Morgan fingerprint density at radius 2 is 0.271 bits per heavy atom. The Balaban J connectivity index is -0.000000488. The van der Waals surface area contributed by atoms with E-state index in [4.69, 9.17) is 116 Å². The molecular weight excluding hydrogens is 1290 g/mol. The number of likely N-dealkylation sites (N-methyl/N-ethyl adjacent to an activating group) is 8. The first kappa shape index (κ1) is 101. The highest BCUT2D eigenvalue weighted by Gasteiger charge is 2.30. The summed E-state index contributed by atoms with van der Waals surface area (Å²) in [7, 11) is 18.9. The summed E-state index contributed by atoms with van der Waals surface area (Å²) in [6.45, 7) is 37.7. The number of hydrogen-bond donors (Lipinski definition) is 0. The van der Waals surface area contributed by atoms with E-state index < -0.39 is 29.6 Å². The lowest BCUT2D eigenvalue weighted by atomic mass is 10.3. The monoisotopic (exact) mass is 1420 g/mol. The molecule has 0 aromatic rings. The third kappa shape index (κ3) is 63.6. The molecule has 0 saturated carbocycles. The number of halogens is 4. The minimum absolute atomic E-state index is 0.809. The smallest absolute Gasteiger partial charge is 0.182 e. The number of nitrogens with zero attached hydrogens (tertiary/aromatic N) is 8. The SMILES string of the molecule is COC[N+]1(C)CCOCC1.COC[N+]1(C)CCOCC1.COC[N+]1(C)CCOCC1.COC[N+]1(C)CCOCC1.COC[N+]1(C)CCOCC1.COC[N+]1(C)CCOCC1.COC[N+]1(C)CCOCC1.COC[N+]1(C)CCOCC1.[O-]B([O-])F.[O-]B([O-])F.[O-]B([O-])F.[O-]B([O-])F. The molecule has 0 spiro atoms. The predicted octanol–water partition coefficient (Wildman–Crippen LogP) is -8.82. The van der Waals surface area contributed by atoms with E-state index in [2.05, 4.69) is 56.4 Å². The number of hydrogen-bond acceptors (Lipinski definition) is 24. The van der Waals surface area contributed by atoms with E-state index in [1.54, 1.807) is 56.9 Å². The second-order valence-electron chi connectivity index (χ2n) is 25.9. The first-order valence-corrected chi connectivity index (χ1v) is 32.1. The standard InChI is InChI=1S/8C7H16NO2.4BFO2/c8*1-8(7-9-2)3-5-10-6-4-8;4*2-1(3)4/h8*3-7H2,1-2H3;;;;/q8*+1;4*-2. The number of quaternary nitrogens is 8. The molecule has 0 N–H and O–H groups in total. The Bertz CT molecular complexity index is 1280. The summed E-state index contributed by atoms with van der Waals surface area (Å²) in [6, 6.07) is 0. The summed E-state index contributed by atoms with van der Waals surface area (Å²) < 4.78 is 130. The van der Waals surface area contributed by atoms with Crippen LogP contribution in [-0.4, -0.2) is 443 Å². The van der Waals surface area contributed by atoms with Crippen molar-refractivity contribution in [2.45, 2.75) is 0 Å². The zero-order valence-electron chi connectivity index (χ0n) is 61.5. The molecule has 8 heterocycles. The van der Waals surface area contributed by atoms with Gasteiger partial charge in [0.15, 0.2) is 53.8 Å². The molecular formula is C56H128B4F4N8O24. The summed E-state index contributed by atoms with van der Waals surface area (Å²) in [5.74, 6) is 0. The maximum atomic E-state index is 9.89. The highest BCUT2D eigenvalue weighted by Crippen LogP contribution is 2.12. The molecule has 8 aliphatic heterocycles. The van der Waals surface area contributed by atoms with Gasteiger partial charge >= 0.3 is 0 Å². The third-order valence-electron chi connectivity index (χ3n) is 15.9. The Hall–Kier alpha value is -1.30. The van der Waals surface area contributed by atoms with Crippen molar-refractivity contribution in [1.82, 2.24) is 0 Å². The van der Waals surface area contributed by atoms with Crippen LogP contribution in [0.2, 0.25) is 0 Å². The molecule has 0 aliphatic carbocycles. The van der Waals surface area contributed by atoms with Crippen molar-refractivity contribution in [2.75, 3.05) is 378 Å². The van der Waals surface area contributed by atoms with Crippen LogP contribution >= 0.6 is 0 Å². The van der Waals surface area contributed by atoms with Crippen LogP contribution in [0.15, 0.2) is 0 Å². The molecule has 0 unspecified atom stereocenters. The van der Waals surface area contributed by atoms with Gasteiger partial charge in [0, 0.05) is 56.9 Å². The van der Waals surface area contributed by atoms with Crippen LogP contribution in [0.5, 0.6) is 0 Å². The second kappa shape index (κ2) is 61.2. The van der Waals surface area contributed by atoms with E-state index in [0.717, 1.165) is 300 Å². The quantitative estimate of drug-likeness (QED) is 0.0787. The fourth-order valence-corrected chi connectivity index (χ4v) is 9.80. The molecule has 0 bridgehead atoms. The third-order valence-corrected chi connectivity index (χ3v) is 15.9. The lowest BCUT2D eigenvalue weighted by molar-refractivity contribution is -0.934. The summed E-state index contributed by atoms with van der Waals surface area (Å²) >= 11 is 0. The van der Waals surface area contributed by atoms with Crippen molar-refractivity contribution in [2.24, 2.45) is 0 Å². The Morgan fingerprint density at radius 3 is 0.323 bits per heavy atom. The fourth-order valence-electron chi connectivity index (χ4n) is 9.80. The van der Waals surface area contributed by atoms with Crippen molar-refractivity contribution < 1.29 is 169 Å². The molecule has 8 rings (SSSR count). The number of rotatable bonds is 16. The first-order chi connectivity index (χ1) is 45.1. The van der Waals surface area contributed by atoms with Crippen molar-refractivity contribution >= 4 is 29.6 Å². The zero-order chi connectivity index (χ0) is 73.9. The van der Waals surface area contributed by atoms with Gasteiger partial charge in [-0.15, -0.1) is 0 Å². The maximum Gasteiger partial charge on any atom is 0.182 e. The van der Waals surface area contributed by atoms with Gasteiger partial charge in [-0.1, -0.05) is 0 Å². The van der Waals surface area contributed by atoms with Crippen molar-refractivity contribution in [3.63, 3.8) is 0 Å². The molecule has 0 aromatic heterocycles. The van der Waals surface area contributed by atoms with Gasteiger partial charge in [-0.05, 0) is 0 Å². The molecule has 8 saturated heterocycles. The normalized spacial score (nSPS) is 21.6. The molecule has 0 atom stereocenters. The molecule has 0 amide bonds. The summed E-state index contributed by atoms with van der Waals surface area (Å²) in [5, 5.41) is 66.4. The molecule has 576 valence electrons. The van der Waals surface area contributed by atoms with Crippen LogP contribution in [0, 0.1) is 0 Å². The van der Waals surface area contributed by atoms with Gasteiger partial charge in [0.2, 0.25) is 0 Å². The summed E-state index contributed by atoms with van der Waals surface area (Å²) in [4.78, 5) is 0. The average Bonchev–Trinajstić information content (AvgIpc) is 3.66. The molecule has 0 aromatic carbocycles. The highest BCUT2D eigenvalue weighted by atomic mass is 19.1. The van der Waals surface area contributed by atoms with Crippen molar-refractivity contribution in [3.05, 3.63) is 0 Å². The van der Waals surface area contributed by atoms with Crippen molar-refractivity contribution in [3.8, 4) is 0 Å². The molecule has 8 aliphatic rings. The topological polar surface area (TPSA) is 332 Å². The minimum Gasteiger partial charge on any atom is -0.867 e. The minimum atomic E-state index is -3.17. The van der Waals surface area contributed by atoms with E-state index >= 15 is 0 Å². The summed E-state index contributed by atoms with van der Waals surface area (Å²) in [6.07, 6.45) is 0. The maximum absolute atomic E-state index is 9.89. The number of ether oxygens (including phenoxy) is 16. The van der Waals surface area contributed by atoms with Gasteiger partial charge in [-0.3, -0.25) is 35.9 Å². The summed E-state index contributed by atoms with van der Waals surface area (Å²) in [5.41, 5.74) is 0. The lowest BCUT2D eigenvalue weighted by Crippen LogP contribution is -2.52. The van der Waals surface area contributed by atoms with Gasteiger partial charge in [-0.25, -0.2) is 0 Å². The van der Waals surface area contributed by atoms with Gasteiger partial charge in [0.1, 0.15) is 134 Å². The molecule has 40 heteroatoms. The molecule has 96 heavy (non-hydrogen) atoms. The predicted molar refractivity (Wildman–Crippen MR) is 336 cm³/mol. The molecule has 0 radical (unpaired) electrons. The van der Waals surface area contributed by atoms with Crippen LogP contribution in [0.4, 0.5) is 17.3 Å². The van der Waals surface area contributed by atoms with Gasteiger partial charge in [0.05, 0.1) is 162 Å². The van der Waals surface area contributed by atoms with Crippen LogP contribution in [0.25, 0.3) is 0 Å². The van der Waals surface area contributed by atoms with E-state index in [-0.39, 0.29) is 0 Å². The van der Waals surface area contributed by atoms with E-state index in [1.165, 1.54) is 0 Å². The Morgan fingerprint density at radius 1 is 0.208 bits per heavy atom. The lowest BCUT2D eigenvalue weighted by Gasteiger charge is -2.36. The Labute approximate surface area is 574 Å². The largest absolute Gasteiger partial charge is 0.867 e. The van der Waals surface area contributed by atoms with Crippen molar-refractivity contribution in [1.29, 1.82) is 0 Å². The number of methoxy groups -OCH3 is 8. The van der Waals surface area contributed by atoms with Crippen LogP contribution in [-0.2, 0) is 75.8 Å². The van der Waals surface area contributed by atoms with Gasteiger partial charge in [0.25, 0.3) is 0 Å². The van der Waals surface area contributed by atoms with Crippen LogP contribution in [0.3, 0.4) is 0 Å². The molecule has 32 nitrogen and oxygen atoms in total. The average molecular weight is 1420 g/mol. The fraction of sp³-hybridized carbons (Fsp3) is 1.00. The number of morpholine rings is 8. The van der Waals surface area contributed by atoms with E-state index in [1.807, 2.05) is 0 Å². The van der Waals surface area contributed by atoms with Crippen LogP contribution in [0.1, 0.15) is 0 Å². The molecule has 8 fully saturated rings. The van der Waals surface area contributed by atoms with E-state index in [0.29, 0.717) is 0 Å². The first-order valence-electron chi connectivity index (χ1n) is 32.1. The Kier molecular flexibility index (Phi) is 64.4. The second-order valence-corrected chi connectivity index (χ2v) is 25.9. The van der Waals surface area contributed by atoms with Gasteiger partial charge in [-0.2, -0.15) is 0 Å². The zero-order valence-corrected chi connectivity index (χ0v) is 61.5. The highest BCUT2D eigenvalue weighted by molar-refractivity contribution is 6.27. The van der Waals surface area contributed by atoms with Crippen LogP contribution < -0.4 is 40.2 Å². The van der Waals surface area contributed by atoms with Gasteiger partial charge < -0.3 is 133 Å².